The molecule has 0 spiro atoms. The molecule has 1 fully saturated rings. The van der Waals surface area contributed by atoms with E-state index < -0.39 is 4.84 Å². The van der Waals surface area contributed by atoms with E-state index in [1.54, 1.807) is 23.1 Å². The SMILES string of the molecule is O=C(COc1ccc(Cl)cc1Cl)N1CCN(C(=O)C(Cl)Cl)CC1. The first kappa shape index (κ1) is 18.5. The Morgan fingerprint density at radius 1 is 1.09 bits per heavy atom. The van der Waals surface area contributed by atoms with Gasteiger partial charge in [0.15, 0.2) is 11.4 Å². The Morgan fingerprint density at radius 2 is 1.70 bits per heavy atom. The number of alkyl halides is 2. The van der Waals surface area contributed by atoms with Gasteiger partial charge < -0.3 is 14.5 Å². The lowest BCUT2D eigenvalue weighted by Crippen LogP contribution is -2.52. The fourth-order valence-electron chi connectivity index (χ4n) is 2.14. The number of hydrogen-bond acceptors (Lipinski definition) is 3. The number of ether oxygens (including phenoxy) is 1. The molecule has 126 valence electrons. The van der Waals surface area contributed by atoms with Gasteiger partial charge in [-0.25, -0.2) is 0 Å². The summed E-state index contributed by atoms with van der Waals surface area (Å²) >= 11 is 22.9. The van der Waals surface area contributed by atoms with E-state index in [1.807, 2.05) is 0 Å². The summed E-state index contributed by atoms with van der Waals surface area (Å²) in [5.74, 6) is -0.133. The van der Waals surface area contributed by atoms with Gasteiger partial charge in [0.25, 0.3) is 11.8 Å². The average molecular weight is 400 g/mol. The summed E-state index contributed by atoms with van der Waals surface area (Å²) in [5.41, 5.74) is 0. The van der Waals surface area contributed by atoms with Crippen molar-refractivity contribution in [2.45, 2.75) is 4.84 Å². The highest BCUT2D eigenvalue weighted by atomic mass is 35.5. The summed E-state index contributed by atoms with van der Waals surface area (Å²) in [6.45, 7) is 1.46. The zero-order valence-corrected chi connectivity index (χ0v) is 15.0. The molecule has 9 heteroatoms. The maximum atomic E-state index is 12.1. The first-order chi connectivity index (χ1) is 10.9. The molecule has 0 aliphatic carbocycles. The van der Waals surface area contributed by atoms with Gasteiger partial charge in [0, 0.05) is 31.2 Å². The highest BCUT2D eigenvalue weighted by Crippen LogP contribution is 2.27. The van der Waals surface area contributed by atoms with Crippen molar-refractivity contribution in [1.82, 2.24) is 9.80 Å². The van der Waals surface area contributed by atoms with Crippen LogP contribution in [-0.4, -0.2) is 59.2 Å². The van der Waals surface area contributed by atoms with Gasteiger partial charge >= 0.3 is 0 Å². The first-order valence-electron chi connectivity index (χ1n) is 6.81. The summed E-state index contributed by atoms with van der Waals surface area (Å²) in [7, 11) is 0. The number of benzene rings is 1. The molecule has 0 saturated carbocycles. The zero-order chi connectivity index (χ0) is 17.0. The van der Waals surface area contributed by atoms with Gasteiger partial charge in [-0.05, 0) is 18.2 Å². The van der Waals surface area contributed by atoms with E-state index in [-0.39, 0.29) is 18.4 Å². The average Bonchev–Trinajstić information content (AvgIpc) is 2.53. The molecule has 23 heavy (non-hydrogen) atoms. The Bertz CT molecular complexity index is 589. The van der Waals surface area contributed by atoms with Crippen LogP contribution in [0.1, 0.15) is 0 Å². The van der Waals surface area contributed by atoms with Crippen LogP contribution in [0.3, 0.4) is 0 Å². The summed E-state index contributed by atoms with van der Waals surface area (Å²) in [4.78, 5) is 25.9. The highest BCUT2D eigenvalue weighted by molar-refractivity contribution is 6.53. The van der Waals surface area contributed by atoms with Crippen LogP contribution in [0.15, 0.2) is 18.2 Å². The third kappa shape index (κ3) is 5.05. The summed E-state index contributed by atoms with van der Waals surface area (Å²) in [6.07, 6.45) is 0. The minimum atomic E-state index is -1.08. The lowest BCUT2D eigenvalue weighted by molar-refractivity contribution is -0.139. The van der Waals surface area contributed by atoms with Crippen LogP contribution in [0.2, 0.25) is 10.0 Å². The first-order valence-corrected chi connectivity index (χ1v) is 8.44. The van der Waals surface area contributed by atoms with Crippen LogP contribution in [0.4, 0.5) is 0 Å². The van der Waals surface area contributed by atoms with E-state index in [0.29, 0.717) is 42.0 Å². The molecule has 0 N–H and O–H groups in total. The smallest absolute Gasteiger partial charge is 0.260 e. The molecule has 1 heterocycles. The van der Waals surface area contributed by atoms with Crippen LogP contribution in [-0.2, 0) is 9.59 Å². The van der Waals surface area contributed by atoms with Crippen molar-refractivity contribution in [3.63, 3.8) is 0 Å². The maximum Gasteiger partial charge on any atom is 0.260 e. The predicted molar refractivity (Wildman–Crippen MR) is 90.6 cm³/mol. The van der Waals surface area contributed by atoms with Crippen molar-refractivity contribution in [2.24, 2.45) is 0 Å². The van der Waals surface area contributed by atoms with E-state index in [2.05, 4.69) is 0 Å². The molecule has 0 radical (unpaired) electrons. The molecule has 1 aromatic carbocycles. The summed E-state index contributed by atoms with van der Waals surface area (Å²) in [6, 6.07) is 4.78. The van der Waals surface area contributed by atoms with Gasteiger partial charge in [-0.2, -0.15) is 0 Å². The van der Waals surface area contributed by atoms with Crippen LogP contribution in [0.5, 0.6) is 5.75 Å². The van der Waals surface area contributed by atoms with Crippen molar-refractivity contribution in [1.29, 1.82) is 0 Å². The Kier molecular flexibility index (Phi) is 6.65. The molecule has 1 saturated heterocycles. The van der Waals surface area contributed by atoms with Crippen LogP contribution in [0, 0.1) is 0 Å². The molecule has 0 aromatic heterocycles. The Labute approximate surface area is 154 Å². The Hall–Kier alpha value is -0.880. The molecule has 2 rings (SSSR count). The Morgan fingerprint density at radius 3 is 2.26 bits per heavy atom. The fourth-order valence-corrected chi connectivity index (χ4v) is 2.88. The lowest BCUT2D eigenvalue weighted by Gasteiger charge is -2.34. The molecular weight excluding hydrogens is 386 g/mol. The molecule has 2 amide bonds. The Balaban J connectivity index is 1.82. The monoisotopic (exact) mass is 398 g/mol. The number of rotatable bonds is 4. The van der Waals surface area contributed by atoms with E-state index >= 15 is 0 Å². The van der Waals surface area contributed by atoms with Crippen molar-refractivity contribution >= 4 is 58.2 Å². The second kappa shape index (κ2) is 8.29. The van der Waals surface area contributed by atoms with E-state index in [9.17, 15) is 9.59 Å². The second-order valence-electron chi connectivity index (χ2n) is 4.87. The number of hydrogen-bond donors (Lipinski definition) is 0. The molecular formula is C14H14Cl4N2O3. The number of carbonyl (C=O) groups is 2. The number of halogens is 4. The summed E-state index contributed by atoms with van der Waals surface area (Å²) < 4.78 is 5.41. The van der Waals surface area contributed by atoms with Gasteiger partial charge in [0.2, 0.25) is 0 Å². The number of carbonyl (C=O) groups excluding carboxylic acids is 2. The lowest BCUT2D eigenvalue weighted by atomic mass is 10.3. The third-order valence-corrected chi connectivity index (χ3v) is 4.28. The number of nitrogens with zero attached hydrogens (tertiary/aromatic N) is 2. The largest absolute Gasteiger partial charge is 0.482 e. The standard InChI is InChI=1S/C14H14Cl4N2O3/c15-9-1-2-11(10(16)7-9)23-8-12(21)19-3-5-20(6-4-19)14(22)13(17)18/h1-2,7,13H,3-6,8H2. The molecule has 0 atom stereocenters. The zero-order valence-electron chi connectivity index (χ0n) is 12.0. The van der Waals surface area contributed by atoms with E-state index in [4.69, 9.17) is 51.1 Å². The van der Waals surface area contributed by atoms with Crippen molar-refractivity contribution in [3.8, 4) is 5.75 Å². The maximum absolute atomic E-state index is 12.1. The van der Waals surface area contributed by atoms with Crippen LogP contribution in [0.25, 0.3) is 0 Å². The molecule has 0 unspecified atom stereocenters. The molecule has 5 nitrogen and oxygen atoms in total. The van der Waals surface area contributed by atoms with Gasteiger partial charge in [0.05, 0.1) is 5.02 Å². The van der Waals surface area contributed by atoms with Gasteiger partial charge in [-0.1, -0.05) is 46.4 Å². The number of amides is 2. The fraction of sp³-hybridized carbons (Fsp3) is 0.429. The van der Waals surface area contributed by atoms with E-state index in [0.717, 1.165) is 0 Å². The molecule has 0 bridgehead atoms. The second-order valence-corrected chi connectivity index (χ2v) is 6.81. The van der Waals surface area contributed by atoms with Crippen LogP contribution >= 0.6 is 46.4 Å². The highest BCUT2D eigenvalue weighted by Gasteiger charge is 2.27. The van der Waals surface area contributed by atoms with E-state index in [1.165, 1.54) is 4.90 Å². The van der Waals surface area contributed by atoms with Gasteiger partial charge in [0.1, 0.15) is 5.75 Å². The van der Waals surface area contributed by atoms with Crippen LogP contribution < -0.4 is 4.74 Å². The predicted octanol–water partition coefficient (Wildman–Crippen LogP) is 2.85. The topological polar surface area (TPSA) is 49.9 Å². The van der Waals surface area contributed by atoms with Gasteiger partial charge in [-0.3, -0.25) is 9.59 Å². The third-order valence-electron chi connectivity index (χ3n) is 3.38. The molecule has 1 aliphatic heterocycles. The van der Waals surface area contributed by atoms with Gasteiger partial charge in [-0.15, -0.1) is 0 Å². The summed E-state index contributed by atoms with van der Waals surface area (Å²) in [5, 5.41) is 0.835. The van der Waals surface area contributed by atoms with Crippen molar-refractivity contribution in [3.05, 3.63) is 28.2 Å². The molecule has 1 aliphatic rings. The minimum absolute atomic E-state index is 0.136. The van der Waals surface area contributed by atoms with Crippen molar-refractivity contribution in [2.75, 3.05) is 32.8 Å². The normalized spacial score (nSPS) is 15.0. The number of piperazine rings is 1. The quantitative estimate of drug-likeness (QED) is 0.731. The minimum Gasteiger partial charge on any atom is -0.482 e. The molecule has 1 aromatic rings. The van der Waals surface area contributed by atoms with Crippen molar-refractivity contribution < 1.29 is 14.3 Å².